The van der Waals surface area contributed by atoms with Gasteiger partial charge in [-0.05, 0) is 32.1 Å². The molecule has 0 aliphatic rings. The molecule has 1 aromatic carbocycles. The van der Waals surface area contributed by atoms with E-state index in [1.807, 2.05) is 12.4 Å². The van der Waals surface area contributed by atoms with Crippen LogP contribution in [-0.2, 0) is 11.3 Å². The molecular formula is C22H22N6O3. The lowest BCUT2D eigenvalue weighted by molar-refractivity contribution is -0.111. The number of aromatic nitrogens is 5. The minimum Gasteiger partial charge on any atom is -0.437 e. The molecule has 158 valence electrons. The van der Waals surface area contributed by atoms with Crippen LogP contribution in [0.1, 0.15) is 13.8 Å². The Morgan fingerprint density at radius 1 is 1.39 bits per heavy atom. The number of fused-ring (bicyclic) bond motifs is 1. The minimum atomic E-state index is -0.871. The summed E-state index contributed by atoms with van der Waals surface area (Å²) in [7, 11) is 0. The Bertz CT molecular complexity index is 1250. The molecule has 4 aromatic rings. The molecule has 0 aliphatic heterocycles. The zero-order valence-corrected chi connectivity index (χ0v) is 17.2. The van der Waals surface area contributed by atoms with E-state index in [1.54, 1.807) is 49.0 Å². The number of hydrogen-bond donors (Lipinski definition) is 3. The first kappa shape index (κ1) is 20.3. The zero-order valence-electron chi connectivity index (χ0n) is 17.2. The smallest absolute Gasteiger partial charge is 0.247 e. The van der Waals surface area contributed by atoms with Gasteiger partial charge in [0.1, 0.15) is 11.3 Å². The number of aromatic amines is 1. The van der Waals surface area contributed by atoms with Crippen LogP contribution in [0.15, 0.2) is 61.7 Å². The fourth-order valence-electron chi connectivity index (χ4n) is 3.08. The van der Waals surface area contributed by atoms with Crippen molar-refractivity contribution in [3.05, 3.63) is 61.7 Å². The number of H-pyrrole nitrogens is 1. The molecule has 0 atom stereocenters. The van der Waals surface area contributed by atoms with Crippen molar-refractivity contribution in [3.8, 4) is 22.8 Å². The van der Waals surface area contributed by atoms with Gasteiger partial charge in [0.15, 0.2) is 5.65 Å². The summed E-state index contributed by atoms with van der Waals surface area (Å²) in [6.45, 7) is 7.27. The molecule has 0 aliphatic carbocycles. The number of anilines is 1. The summed E-state index contributed by atoms with van der Waals surface area (Å²) in [5.74, 6) is 0.510. The van der Waals surface area contributed by atoms with E-state index in [-0.39, 0.29) is 5.91 Å². The molecule has 0 saturated heterocycles. The minimum absolute atomic E-state index is 0.305. The topological polar surface area (TPSA) is 118 Å². The first-order chi connectivity index (χ1) is 14.8. The fraction of sp³-hybridized carbons (Fsp3) is 0.182. The largest absolute Gasteiger partial charge is 0.437 e. The maximum Gasteiger partial charge on any atom is 0.247 e. The van der Waals surface area contributed by atoms with Gasteiger partial charge in [0.05, 0.1) is 24.5 Å². The Morgan fingerprint density at radius 2 is 2.23 bits per heavy atom. The highest BCUT2D eigenvalue weighted by Gasteiger charge is 2.16. The molecule has 0 spiro atoms. The number of nitrogens with zero attached hydrogens (tertiary/aromatic N) is 4. The average molecular weight is 418 g/mol. The summed E-state index contributed by atoms with van der Waals surface area (Å²) in [5, 5.41) is 17.0. The van der Waals surface area contributed by atoms with Crippen molar-refractivity contribution in [2.75, 3.05) is 5.32 Å². The van der Waals surface area contributed by atoms with Crippen LogP contribution in [0.4, 0.5) is 5.69 Å². The van der Waals surface area contributed by atoms with Crippen molar-refractivity contribution in [3.63, 3.8) is 0 Å². The molecule has 1 amide bonds. The van der Waals surface area contributed by atoms with E-state index in [0.29, 0.717) is 35.0 Å². The first-order valence-corrected chi connectivity index (χ1v) is 9.61. The number of hydrogen-bond acceptors (Lipinski definition) is 6. The summed E-state index contributed by atoms with van der Waals surface area (Å²) >= 11 is 0. The molecule has 31 heavy (non-hydrogen) atoms. The fourth-order valence-corrected chi connectivity index (χ4v) is 3.08. The second kappa shape index (κ2) is 8.04. The summed E-state index contributed by atoms with van der Waals surface area (Å²) in [4.78, 5) is 23.6. The van der Waals surface area contributed by atoms with Crippen molar-refractivity contribution in [1.82, 2.24) is 24.7 Å². The number of amides is 1. The number of ether oxygens (including phenoxy) is 1. The number of aliphatic hydroxyl groups is 1. The quantitative estimate of drug-likeness (QED) is 0.395. The van der Waals surface area contributed by atoms with E-state index in [2.05, 4.69) is 31.9 Å². The van der Waals surface area contributed by atoms with Crippen LogP contribution in [0.2, 0.25) is 0 Å². The molecule has 3 heterocycles. The van der Waals surface area contributed by atoms with E-state index in [9.17, 15) is 9.90 Å². The lowest BCUT2D eigenvalue weighted by Gasteiger charge is -2.16. The number of nitrogens with one attached hydrogen (secondary N) is 2. The summed E-state index contributed by atoms with van der Waals surface area (Å²) < 4.78 is 7.54. The Hall–Kier alpha value is -3.98. The molecule has 0 unspecified atom stereocenters. The summed E-state index contributed by atoms with van der Waals surface area (Å²) in [5.41, 5.74) is 2.63. The van der Waals surface area contributed by atoms with Crippen LogP contribution in [0.25, 0.3) is 22.3 Å². The van der Waals surface area contributed by atoms with E-state index >= 15 is 0 Å². The van der Waals surface area contributed by atoms with E-state index < -0.39 is 5.60 Å². The molecule has 4 rings (SSSR count). The molecule has 0 radical (unpaired) electrons. The molecule has 9 nitrogen and oxygen atoms in total. The number of carbonyl (C=O) groups is 1. The highest BCUT2D eigenvalue weighted by molar-refractivity contribution is 5.99. The van der Waals surface area contributed by atoms with Crippen LogP contribution in [0.5, 0.6) is 11.6 Å². The molecule has 0 bridgehead atoms. The Kier molecular flexibility index (Phi) is 5.26. The van der Waals surface area contributed by atoms with Crippen molar-refractivity contribution < 1.29 is 14.6 Å². The van der Waals surface area contributed by atoms with Gasteiger partial charge in [0, 0.05) is 35.3 Å². The normalized spacial score (nSPS) is 11.5. The number of benzene rings is 1. The lowest BCUT2D eigenvalue weighted by atomic mass is 10.1. The third-order valence-corrected chi connectivity index (χ3v) is 4.36. The van der Waals surface area contributed by atoms with E-state index in [4.69, 9.17) is 4.74 Å². The first-order valence-electron chi connectivity index (χ1n) is 9.61. The predicted octanol–water partition coefficient (Wildman–Crippen LogP) is 3.51. The van der Waals surface area contributed by atoms with Crippen molar-refractivity contribution in [1.29, 1.82) is 0 Å². The van der Waals surface area contributed by atoms with Gasteiger partial charge in [0.2, 0.25) is 11.8 Å². The van der Waals surface area contributed by atoms with Crippen LogP contribution in [0.3, 0.4) is 0 Å². The second-order valence-electron chi connectivity index (χ2n) is 7.67. The summed E-state index contributed by atoms with van der Waals surface area (Å²) in [6.07, 6.45) is 8.10. The highest BCUT2D eigenvalue weighted by Crippen LogP contribution is 2.29. The number of rotatable bonds is 7. The molecule has 0 saturated carbocycles. The van der Waals surface area contributed by atoms with Crippen molar-refractivity contribution in [2.24, 2.45) is 0 Å². The Morgan fingerprint density at radius 3 is 3.00 bits per heavy atom. The van der Waals surface area contributed by atoms with Crippen LogP contribution in [0, 0.1) is 0 Å². The highest BCUT2D eigenvalue weighted by atomic mass is 16.5. The Labute approximate surface area is 178 Å². The molecule has 9 heteroatoms. The van der Waals surface area contributed by atoms with Crippen LogP contribution < -0.4 is 10.1 Å². The number of carbonyl (C=O) groups excluding carboxylic acids is 1. The molecule has 3 aromatic heterocycles. The van der Waals surface area contributed by atoms with Crippen molar-refractivity contribution in [2.45, 2.75) is 26.0 Å². The lowest BCUT2D eigenvalue weighted by Crippen LogP contribution is -2.26. The monoisotopic (exact) mass is 418 g/mol. The maximum absolute atomic E-state index is 11.5. The SMILES string of the molecule is C=CC(=O)Nc1cccc(Oc2cnc3[nH]cc(-c4cnn(CC(C)(C)O)c4)c3n2)c1. The zero-order chi connectivity index (χ0) is 22.0. The predicted molar refractivity (Wildman–Crippen MR) is 117 cm³/mol. The van der Waals surface area contributed by atoms with Gasteiger partial charge in [-0.15, -0.1) is 0 Å². The van der Waals surface area contributed by atoms with E-state index in [0.717, 1.165) is 11.1 Å². The van der Waals surface area contributed by atoms with Crippen molar-refractivity contribution >= 4 is 22.8 Å². The van der Waals surface area contributed by atoms with E-state index in [1.165, 1.54) is 12.3 Å². The average Bonchev–Trinajstić information content (AvgIpc) is 3.33. The molecule has 3 N–H and O–H groups in total. The second-order valence-corrected chi connectivity index (χ2v) is 7.67. The van der Waals surface area contributed by atoms with Crippen LogP contribution in [-0.4, -0.2) is 41.3 Å². The molecule has 0 fully saturated rings. The molecular weight excluding hydrogens is 396 g/mol. The van der Waals surface area contributed by atoms with Gasteiger partial charge in [0.25, 0.3) is 0 Å². The third kappa shape index (κ3) is 4.78. The van der Waals surface area contributed by atoms with Gasteiger partial charge in [-0.25, -0.2) is 9.97 Å². The summed E-state index contributed by atoms with van der Waals surface area (Å²) in [6, 6.07) is 6.96. The maximum atomic E-state index is 11.5. The van der Waals surface area contributed by atoms with Gasteiger partial charge in [-0.1, -0.05) is 12.6 Å². The third-order valence-electron chi connectivity index (χ3n) is 4.36. The van der Waals surface area contributed by atoms with Gasteiger partial charge in [-0.3, -0.25) is 9.48 Å². The van der Waals surface area contributed by atoms with Crippen LogP contribution >= 0.6 is 0 Å². The van der Waals surface area contributed by atoms with Gasteiger partial charge in [-0.2, -0.15) is 5.10 Å². The Balaban J connectivity index is 1.60. The standard InChI is InChI=1S/C22H22N6O3/c1-4-18(29)26-15-6-5-7-16(8-15)31-19-11-24-21-20(27-19)17(10-23-21)14-9-25-28(12-14)13-22(2,3)30/h4-12,30H,1,13H2,2-3H3,(H,23,24)(H,26,29). The van der Waals surface area contributed by atoms with Gasteiger partial charge < -0.3 is 20.1 Å². The van der Waals surface area contributed by atoms with Gasteiger partial charge >= 0.3 is 0 Å².